The molecule has 0 aliphatic carbocycles. The Morgan fingerprint density at radius 3 is 2.15 bits per heavy atom. The molecule has 1 aromatic heterocycles. The first kappa shape index (κ1) is 16.7. The normalized spacial score (nSPS) is 13.0. The highest BCUT2D eigenvalue weighted by Gasteiger charge is 2.37. The van der Waals surface area contributed by atoms with Crippen molar-refractivity contribution < 1.29 is 19.5 Å². The van der Waals surface area contributed by atoms with Gasteiger partial charge in [0, 0.05) is 12.4 Å². The van der Waals surface area contributed by atoms with E-state index in [0.29, 0.717) is 12.1 Å². The lowest BCUT2D eigenvalue weighted by Gasteiger charge is -2.14. The number of imide groups is 1. The Morgan fingerprint density at radius 1 is 0.852 bits per heavy atom. The molecule has 0 saturated carbocycles. The smallest absolute Gasteiger partial charge is 0.335 e. The number of carboxylic acids is 1. The van der Waals surface area contributed by atoms with E-state index in [1.165, 1.54) is 18.2 Å². The number of rotatable bonds is 4. The molecule has 6 heteroatoms. The van der Waals surface area contributed by atoms with Gasteiger partial charge in [-0.25, -0.2) is 9.69 Å². The first-order chi connectivity index (χ1) is 13.0. The maximum Gasteiger partial charge on any atom is 0.335 e. The molecule has 2 amide bonds. The number of benzene rings is 2. The van der Waals surface area contributed by atoms with Crippen molar-refractivity contribution in [2.45, 2.75) is 6.42 Å². The van der Waals surface area contributed by atoms with Crippen LogP contribution < -0.4 is 4.90 Å². The van der Waals surface area contributed by atoms with Crippen LogP contribution in [0.4, 0.5) is 5.69 Å². The first-order valence-electron chi connectivity index (χ1n) is 8.28. The second kappa shape index (κ2) is 6.49. The van der Waals surface area contributed by atoms with E-state index >= 15 is 0 Å². The van der Waals surface area contributed by atoms with Crippen molar-refractivity contribution in [1.82, 2.24) is 4.98 Å². The molecule has 0 atom stereocenters. The van der Waals surface area contributed by atoms with Crippen molar-refractivity contribution in [2.75, 3.05) is 4.90 Å². The van der Waals surface area contributed by atoms with Crippen LogP contribution in [-0.4, -0.2) is 27.9 Å². The first-order valence-corrected chi connectivity index (χ1v) is 8.28. The van der Waals surface area contributed by atoms with Crippen molar-refractivity contribution in [3.63, 3.8) is 0 Å². The number of hydrogen-bond donors (Lipinski definition) is 1. The monoisotopic (exact) mass is 358 g/mol. The van der Waals surface area contributed by atoms with Crippen molar-refractivity contribution in [1.29, 1.82) is 0 Å². The maximum absolute atomic E-state index is 12.7. The summed E-state index contributed by atoms with van der Waals surface area (Å²) < 4.78 is 0. The molecule has 2 heterocycles. The van der Waals surface area contributed by atoms with Crippen molar-refractivity contribution >= 4 is 23.5 Å². The Morgan fingerprint density at radius 2 is 1.48 bits per heavy atom. The maximum atomic E-state index is 12.7. The standard InChI is InChI=1S/C21H14N2O4/c24-19-17-6-3-15(21(26)27)12-18(17)20(25)23(19)16-4-1-13(2-5-16)11-14-7-9-22-10-8-14/h1-10,12H,11H2,(H,26,27). The van der Waals surface area contributed by atoms with E-state index < -0.39 is 17.8 Å². The zero-order chi connectivity index (χ0) is 19.0. The molecular weight excluding hydrogens is 344 g/mol. The second-order valence-corrected chi connectivity index (χ2v) is 6.21. The number of amides is 2. The Labute approximate surface area is 154 Å². The topological polar surface area (TPSA) is 87.6 Å². The molecule has 0 bridgehead atoms. The number of nitrogens with zero attached hydrogens (tertiary/aromatic N) is 2. The van der Waals surface area contributed by atoms with E-state index in [4.69, 9.17) is 5.11 Å². The largest absolute Gasteiger partial charge is 0.478 e. The van der Waals surface area contributed by atoms with Gasteiger partial charge < -0.3 is 5.11 Å². The Bertz CT molecular complexity index is 1060. The average Bonchev–Trinajstić information content (AvgIpc) is 2.93. The fourth-order valence-corrected chi connectivity index (χ4v) is 3.11. The number of fused-ring (bicyclic) bond motifs is 1. The van der Waals surface area contributed by atoms with Gasteiger partial charge in [-0.1, -0.05) is 12.1 Å². The van der Waals surface area contributed by atoms with Crippen molar-refractivity contribution in [2.24, 2.45) is 0 Å². The summed E-state index contributed by atoms with van der Waals surface area (Å²) in [6.07, 6.45) is 4.18. The van der Waals surface area contributed by atoms with Gasteiger partial charge in [-0.3, -0.25) is 14.6 Å². The van der Waals surface area contributed by atoms with Crippen LogP contribution >= 0.6 is 0 Å². The number of carboxylic acid groups (broad SMARTS) is 1. The predicted octanol–water partition coefficient (Wildman–Crippen LogP) is 3.17. The molecule has 3 aromatic rings. The minimum atomic E-state index is -1.14. The summed E-state index contributed by atoms with van der Waals surface area (Å²) in [7, 11) is 0. The number of aromatic carboxylic acids is 1. The number of pyridine rings is 1. The number of aromatic nitrogens is 1. The lowest BCUT2D eigenvalue weighted by Crippen LogP contribution is -2.29. The third-order valence-electron chi connectivity index (χ3n) is 4.49. The highest BCUT2D eigenvalue weighted by Crippen LogP contribution is 2.29. The molecular formula is C21H14N2O4. The number of carbonyl (C=O) groups excluding carboxylic acids is 2. The van der Waals surface area contributed by atoms with Gasteiger partial charge in [0.15, 0.2) is 0 Å². The average molecular weight is 358 g/mol. The van der Waals surface area contributed by atoms with E-state index in [2.05, 4.69) is 4.98 Å². The molecule has 0 fully saturated rings. The molecule has 1 aliphatic heterocycles. The van der Waals surface area contributed by atoms with Gasteiger partial charge in [-0.2, -0.15) is 0 Å². The zero-order valence-corrected chi connectivity index (χ0v) is 14.1. The molecule has 0 radical (unpaired) electrons. The summed E-state index contributed by atoms with van der Waals surface area (Å²) in [5.41, 5.74) is 2.90. The van der Waals surface area contributed by atoms with Gasteiger partial charge >= 0.3 is 5.97 Å². The minimum Gasteiger partial charge on any atom is -0.478 e. The third-order valence-corrected chi connectivity index (χ3v) is 4.49. The molecule has 6 nitrogen and oxygen atoms in total. The van der Waals surface area contributed by atoms with E-state index in [1.54, 1.807) is 24.5 Å². The lowest BCUT2D eigenvalue weighted by molar-refractivity contribution is 0.0696. The Hall–Kier alpha value is -3.80. The predicted molar refractivity (Wildman–Crippen MR) is 98.0 cm³/mol. The van der Waals surface area contributed by atoms with Crippen molar-refractivity contribution in [3.8, 4) is 0 Å². The van der Waals surface area contributed by atoms with Crippen LogP contribution in [0.1, 0.15) is 42.2 Å². The molecule has 1 N–H and O–H groups in total. The van der Waals surface area contributed by atoms with Gasteiger partial charge in [-0.15, -0.1) is 0 Å². The molecule has 0 saturated heterocycles. The van der Waals surface area contributed by atoms with Crippen LogP contribution in [0, 0.1) is 0 Å². The van der Waals surface area contributed by atoms with Gasteiger partial charge in [0.25, 0.3) is 11.8 Å². The van der Waals surface area contributed by atoms with Crippen LogP contribution in [0.25, 0.3) is 0 Å². The van der Waals surface area contributed by atoms with E-state index in [9.17, 15) is 14.4 Å². The van der Waals surface area contributed by atoms with Crippen LogP contribution in [0.15, 0.2) is 67.0 Å². The Kier molecular flexibility index (Phi) is 4.01. The summed E-state index contributed by atoms with van der Waals surface area (Å²) in [6, 6.07) is 15.0. The van der Waals surface area contributed by atoms with Crippen molar-refractivity contribution in [3.05, 3.63) is 94.8 Å². The second-order valence-electron chi connectivity index (χ2n) is 6.21. The number of carbonyl (C=O) groups is 3. The summed E-state index contributed by atoms with van der Waals surface area (Å²) in [5.74, 6) is -2.11. The van der Waals surface area contributed by atoms with Crippen LogP contribution in [-0.2, 0) is 6.42 Å². The van der Waals surface area contributed by atoms with Crippen LogP contribution in [0.3, 0.4) is 0 Å². The van der Waals surface area contributed by atoms with Gasteiger partial charge in [0.2, 0.25) is 0 Å². The molecule has 1 aliphatic rings. The quantitative estimate of drug-likeness (QED) is 0.724. The summed E-state index contributed by atoms with van der Waals surface area (Å²) in [5, 5.41) is 9.09. The highest BCUT2D eigenvalue weighted by molar-refractivity contribution is 6.34. The lowest BCUT2D eigenvalue weighted by atomic mass is 10.1. The van der Waals surface area contributed by atoms with E-state index in [1.807, 2.05) is 24.3 Å². The SMILES string of the molecule is O=C(O)c1ccc2c(c1)C(=O)N(c1ccc(Cc3ccncc3)cc1)C2=O. The van der Waals surface area contributed by atoms with E-state index in [0.717, 1.165) is 16.0 Å². The molecule has 27 heavy (non-hydrogen) atoms. The van der Waals surface area contributed by atoms with Gasteiger partial charge in [-0.05, 0) is 60.0 Å². The molecule has 0 unspecified atom stereocenters. The van der Waals surface area contributed by atoms with Crippen LogP contribution in [0.5, 0.6) is 0 Å². The minimum absolute atomic E-state index is 0.0237. The molecule has 132 valence electrons. The summed E-state index contributed by atoms with van der Waals surface area (Å²) >= 11 is 0. The summed E-state index contributed by atoms with van der Waals surface area (Å²) in [4.78, 5) is 41.5. The molecule has 0 spiro atoms. The fraction of sp³-hybridized carbons (Fsp3) is 0.0476. The summed E-state index contributed by atoms with van der Waals surface area (Å²) in [6.45, 7) is 0. The Balaban J connectivity index is 1.61. The zero-order valence-electron chi connectivity index (χ0n) is 14.1. The fourth-order valence-electron chi connectivity index (χ4n) is 3.11. The van der Waals surface area contributed by atoms with Gasteiger partial charge in [0.1, 0.15) is 0 Å². The van der Waals surface area contributed by atoms with Crippen LogP contribution in [0.2, 0.25) is 0 Å². The molecule has 2 aromatic carbocycles. The van der Waals surface area contributed by atoms with Gasteiger partial charge in [0.05, 0.1) is 22.4 Å². The number of hydrogen-bond acceptors (Lipinski definition) is 4. The third kappa shape index (κ3) is 2.97. The highest BCUT2D eigenvalue weighted by atomic mass is 16.4. The number of anilines is 1. The molecule has 4 rings (SSSR count). The van der Waals surface area contributed by atoms with E-state index in [-0.39, 0.29) is 16.7 Å².